The van der Waals surface area contributed by atoms with Gasteiger partial charge in [-0.1, -0.05) is 49.4 Å². The van der Waals surface area contributed by atoms with Crippen LogP contribution in [0.25, 0.3) is 11.1 Å². The molecule has 0 aromatic heterocycles. The van der Waals surface area contributed by atoms with Crippen LogP contribution in [-0.2, 0) is 9.59 Å². The van der Waals surface area contributed by atoms with Crippen molar-refractivity contribution in [1.29, 1.82) is 0 Å². The van der Waals surface area contributed by atoms with Crippen molar-refractivity contribution in [3.63, 3.8) is 0 Å². The highest BCUT2D eigenvalue weighted by molar-refractivity contribution is 6.23. The molecule has 4 aromatic carbocycles. The zero-order valence-electron chi connectivity index (χ0n) is 31.7. The van der Waals surface area contributed by atoms with Gasteiger partial charge in [0.25, 0.3) is 11.8 Å². The van der Waals surface area contributed by atoms with E-state index in [1.165, 1.54) is 11.3 Å². The predicted octanol–water partition coefficient (Wildman–Crippen LogP) is 6.96. The number of allylic oxidation sites excluding steroid dienone is 1. The highest BCUT2D eigenvalue weighted by atomic mass is 16.3. The first-order valence-electron chi connectivity index (χ1n) is 19.9. The quantitative estimate of drug-likeness (QED) is 0.124. The number of piperidine rings is 3. The maximum Gasteiger partial charge on any atom is 0.262 e. The summed E-state index contributed by atoms with van der Waals surface area (Å²) >= 11 is 0. The summed E-state index contributed by atoms with van der Waals surface area (Å²) in [5.74, 6) is -0.488. The Balaban J connectivity index is 0.864. The van der Waals surface area contributed by atoms with Gasteiger partial charge in [-0.3, -0.25) is 29.4 Å². The predicted molar refractivity (Wildman–Crippen MR) is 215 cm³/mol. The minimum Gasteiger partial charge on any atom is -0.508 e. The monoisotopic (exact) mass is 752 g/mol. The van der Waals surface area contributed by atoms with Crippen LogP contribution in [-0.4, -0.2) is 82.4 Å². The standard InChI is InChI=1S/C46H48N4O6/c1-2-38(31-5-12-36(51)13-6-31)43(33-7-14-37(52)15-8-33)32-3-10-35(11-4-32)49-25-19-29(20-26-49)28-48-23-21-30(22-24-48)34-9-16-39-40(27-34)46(56)50(45(39)55)41-17-18-42(53)47-44(41)54/h3-16,27,29-30,41,51-52H,2,17-26,28H2,1H3,(H,47,53,54). The lowest BCUT2D eigenvalue weighted by Crippen LogP contribution is -2.54. The topological polar surface area (TPSA) is 130 Å². The van der Waals surface area contributed by atoms with Crippen molar-refractivity contribution in [2.75, 3.05) is 37.6 Å². The van der Waals surface area contributed by atoms with Crippen molar-refractivity contribution in [2.24, 2.45) is 5.92 Å². The van der Waals surface area contributed by atoms with E-state index in [-0.39, 0.29) is 30.2 Å². The van der Waals surface area contributed by atoms with Crippen LogP contribution in [0, 0.1) is 5.92 Å². The van der Waals surface area contributed by atoms with Gasteiger partial charge in [0.15, 0.2) is 0 Å². The van der Waals surface area contributed by atoms with E-state index in [1.807, 2.05) is 36.4 Å². The summed E-state index contributed by atoms with van der Waals surface area (Å²) in [5.41, 5.74) is 8.45. The molecular formula is C46H48N4O6. The average molecular weight is 753 g/mol. The third kappa shape index (κ3) is 7.45. The maximum absolute atomic E-state index is 13.4. The molecule has 0 radical (unpaired) electrons. The largest absolute Gasteiger partial charge is 0.508 e. The van der Waals surface area contributed by atoms with Gasteiger partial charge in [0.2, 0.25) is 11.8 Å². The van der Waals surface area contributed by atoms with Crippen molar-refractivity contribution in [2.45, 2.75) is 63.8 Å². The van der Waals surface area contributed by atoms with Crippen molar-refractivity contribution < 1.29 is 29.4 Å². The molecule has 0 bridgehead atoms. The number of benzene rings is 4. The fourth-order valence-electron chi connectivity index (χ4n) is 9.10. The summed E-state index contributed by atoms with van der Waals surface area (Å²) in [6.07, 6.45) is 5.29. The Morgan fingerprint density at radius 1 is 0.679 bits per heavy atom. The van der Waals surface area contributed by atoms with E-state index < -0.39 is 23.8 Å². The molecule has 1 atom stereocenters. The van der Waals surface area contributed by atoms with Crippen molar-refractivity contribution in [3.05, 3.63) is 124 Å². The zero-order chi connectivity index (χ0) is 38.9. The molecule has 10 heteroatoms. The minimum absolute atomic E-state index is 0.105. The number of nitrogens with one attached hydrogen (secondary N) is 1. The lowest BCUT2D eigenvalue weighted by molar-refractivity contribution is -0.136. The Bertz CT molecular complexity index is 2160. The van der Waals surface area contributed by atoms with Gasteiger partial charge >= 0.3 is 0 Å². The van der Waals surface area contributed by atoms with Gasteiger partial charge in [0.05, 0.1) is 11.1 Å². The lowest BCUT2D eigenvalue weighted by atomic mass is 9.87. The number of imide groups is 2. The second-order valence-electron chi connectivity index (χ2n) is 15.6. The number of anilines is 1. The van der Waals surface area contributed by atoms with Gasteiger partial charge < -0.3 is 20.0 Å². The molecule has 4 aromatic rings. The van der Waals surface area contributed by atoms with Crippen molar-refractivity contribution >= 4 is 40.5 Å². The Morgan fingerprint density at radius 2 is 1.27 bits per heavy atom. The Morgan fingerprint density at radius 3 is 1.88 bits per heavy atom. The van der Waals surface area contributed by atoms with Crippen molar-refractivity contribution in [1.82, 2.24) is 15.1 Å². The molecule has 4 aliphatic rings. The van der Waals surface area contributed by atoms with Gasteiger partial charge in [0, 0.05) is 31.7 Å². The number of rotatable bonds is 9. The summed E-state index contributed by atoms with van der Waals surface area (Å²) in [6.45, 7) is 7.21. The molecule has 10 nitrogen and oxygen atoms in total. The van der Waals surface area contributed by atoms with E-state index >= 15 is 0 Å². The van der Waals surface area contributed by atoms with E-state index in [0.29, 0.717) is 23.0 Å². The SMILES string of the molecule is CCC(=C(c1ccc(O)cc1)c1ccc(N2CCC(CN3CCC(c4ccc5c(c4)C(=O)N(C4CCC(=O)NC4=O)C5=O)CC3)CC2)cc1)c1ccc(O)cc1. The third-order valence-corrected chi connectivity index (χ3v) is 12.2. The molecule has 1 unspecified atom stereocenters. The first-order valence-corrected chi connectivity index (χ1v) is 19.9. The van der Waals surface area contributed by atoms with E-state index in [4.69, 9.17) is 0 Å². The number of nitrogens with zero attached hydrogens (tertiary/aromatic N) is 3. The molecule has 4 amide bonds. The van der Waals surface area contributed by atoms with E-state index in [0.717, 1.165) is 97.6 Å². The molecule has 3 N–H and O–H groups in total. The molecule has 4 heterocycles. The summed E-state index contributed by atoms with van der Waals surface area (Å²) in [7, 11) is 0. The average Bonchev–Trinajstić information content (AvgIpc) is 3.46. The number of hydrogen-bond donors (Lipinski definition) is 3. The Kier molecular flexibility index (Phi) is 10.5. The van der Waals surface area contributed by atoms with Gasteiger partial charge in [-0.15, -0.1) is 0 Å². The second kappa shape index (κ2) is 15.8. The van der Waals surface area contributed by atoms with Gasteiger partial charge in [-0.2, -0.15) is 0 Å². The molecule has 8 rings (SSSR count). The smallest absolute Gasteiger partial charge is 0.262 e. The minimum atomic E-state index is -0.954. The first-order chi connectivity index (χ1) is 27.2. The summed E-state index contributed by atoms with van der Waals surface area (Å²) in [6, 6.07) is 28.2. The van der Waals surface area contributed by atoms with Crippen LogP contribution in [0.4, 0.5) is 5.69 Å². The van der Waals surface area contributed by atoms with Crippen LogP contribution >= 0.6 is 0 Å². The number of carbonyl (C=O) groups excluding carboxylic acids is 4. The van der Waals surface area contributed by atoms with Gasteiger partial charge in [-0.05, 0) is 145 Å². The molecular weight excluding hydrogens is 705 g/mol. The summed E-state index contributed by atoms with van der Waals surface area (Å²) in [4.78, 5) is 56.7. The molecule has 56 heavy (non-hydrogen) atoms. The molecule has 4 aliphatic heterocycles. The molecule has 3 fully saturated rings. The number of phenolic OH excluding ortho intramolecular Hbond substituents is 2. The fourth-order valence-corrected chi connectivity index (χ4v) is 9.10. The second-order valence-corrected chi connectivity index (χ2v) is 15.6. The molecule has 0 spiro atoms. The van der Waals surface area contributed by atoms with Gasteiger partial charge in [0.1, 0.15) is 17.5 Å². The number of aromatic hydroxyl groups is 2. The molecule has 288 valence electrons. The number of phenols is 2. The normalized spacial score (nSPS) is 20.3. The number of likely N-dealkylation sites (tertiary alicyclic amines) is 1. The van der Waals surface area contributed by atoms with Crippen molar-refractivity contribution in [3.8, 4) is 11.5 Å². The van der Waals surface area contributed by atoms with Crippen LogP contribution in [0.2, 0.25) is 0 Å². The number of fused-ring (bicyclic) bond motifs is 1. The van der Waals surface area contributed by atoms with Crippen LogP contribution < -0.4 is 10.2 Å². The number of hydrogen-bond acceptors (Lipinski definition) is 8. The maximum atomic E-state index is 13.4. The molecule has 0 saturated carbocycles. The highest BCUT2D eigenvalue weighted by Crippen LogP contribution is 2.38. The highest BCUT2D eigenvalue weighted by Gasteiger charge is 2.45. The third-order valence-electron chi connectivity index (χ3n) is 12.2. The van der Waals surface area contributed by atoms with Crippen LogP contribution in [0.5, 0.6) is 11.5 Å². The number of amides is 4. The molecule has 3 saturated heterocycles. The van der Waals surface area contributed by atoms with Crippen LogP contribution in [0.3, 0.4) is 0 Å². The summed E-state index contributed by atoms with van der Waals surface area (Å²) < 4.78 is 0. The first kappa shape index (κ1) is 37.2. The van der Waals surface area contributed by atoms with E-state index in [9.17, 15) is 29.4 Å². The lowest BCUT2D eigenvalue weighted by Gasteiger charge is -2.38. The fraction of sp³-hybridized carbons (Fsp3) is 0.348. The summed E-state index contributed by atoms with van der Waals surface area (Å²) in [5, 5.41) is 22.2. The Labute approximate surface area is 327 Å². The van der Waals surface area contributed by atoms with Crippen LogP contribution in [0.1, 0.15) is 101 Å². The van der Waals surface area contributed by atoms with E-state index in [1.54, 1.807) is 30.3 Å². The molecule has 0 aliphatic carbocycles. The van der Waals surface area contributed by atoms with Gasteiger partial charge in [-0.25, -0.2) is 0 Å². The zero-order valence-corrected chi connectivity index (χ0v) is 31.7. The number of carbonyl (C=O) groups is 4. The van der Waals surface area contributed by atoms with E-state index in [2.05, 4.69) is 46.3 Å². The Hall–Kier alpha value is -5.74. The van der Waals surface area contributed by atoms with Crippen LogP contribution in [0.15, 0.2) is 91.0 Å².